The first-order valence-electron chi connectivity index (χ1n) is 7.63. The second-order valence-corrected chi connectivity index (χ2v) is 5.80. The summed E-state index contributed by atoms with van der Waals surface area (Å²) in [5.41, 5.74) is 0. The molecule has 2 N–H and O–H groups in total. The third-order valence-electron chi connectivity index (χ3n) is 4.22. The first kappa shape index (κ1) is 15.2. The lowest BCUT2D eigenvalue weighted by Crippen LogP contribution is -2.42. The predicted molar refractivity (Wildman–Crippen MR) is 76.4 cm³/mol. The fraction of sp³-hybridized carbons (Fsp3) is 1.00. The van der Waals surface area contributed by atoms with Gasteiger partial charge in [0.2, 0.25) is 0 Å². The number of β-amino-alcohol motifs (C(OH)–C–C–N with tert-alkyl or cyclic N) is 1. The third kappa shape index (κ3) is 5.00. The normalized spacial score (nSPS) is 27.2. The molecule has 2 aliphatic heterocycles. The summed E-state index contributed by atoms with van der Waals surface area (Å²) in [5.74, 6) is 0. The molecule has 0 saturated carbocycles. The Kier molecular flexibility index (Phi) is 6.53. The van der Waals surface area contributed by atoms with Crippen LogP contribution < -0.4 is 5.32 Å². The van der Waals surface area contributed by atoms with E-state index in [4.69, 9.17) is 4.74 Å². The van der Waals surface area contributed by atoms with Gasteiger partial charge < -0.3 is 15.2 Å². The van der Waals surface area contributed by atoms with Crippen LogP contribution >= 0.6 is 0 Å². The second kappa shape index (κ2) is 8.17. The Morgan fingerprint density at radius 1 is 1.32 bits per heavy atom. The van der Waals surface area contributed by atoms with Crippen molar-refractivity contribution >= 4 is 0 Å². The van der Waals surface area contributed by atoms with Crippen molar-refractivity contribution in [3.05, 3.63) is 0 Å². The molecule has 2 atom stereocenters. The molecule has 0 spiro atoms. The molecule has 19 heavy (non-hydrogen) atoms. The van der Waals surface area contributed by atoms with Crippen molar-refractivity contribution in [3.63, 3.8) is 0 Å². The highest BCUT2D eigenvalue weighted by Crippen LogP contribution is 2.21. The molecule has 112 valence electrons. The van der Waals surface area contributed by atoms with Gasteiger partial charge in [0.05, 0.1) is 12.7 Å². The number of ether oxygens (including phenoxy) is 1. The van der Waals surface area contributed by atoms with E-state index in [-0.39, 0.29) is 6.10 Å². The van der Waals surface area contributed by atoms with E-state index in [1.165, 1.54) is 32.4 Å². The van der Waals surface area contributed by atoms with Crippen LogP contribution in [0.1, 0.15) is 19.3 Å². The fourth-order valence-electron chi connectivity index (χ4n) is 3.25. The summed E-state index contributed by atoms with van der Waals surface area (Å²) in [6, 6.07) is 0.733. The van der Waals surface area contributed by atoms with Crippen molar-refractivity contribution in [3.8, 4) is 0 Å². The maximum atomic E-state index is 10.1. The monoisotopic (exact) mass is 271 g/mol. The Morgan fingerprint density at radius 3 is 3.00 bits per heavy atom. The summed E-state index contributed by atoms with van der Waals surface area (Å²) in [7, 11) is 1.70. The molecule has 0 amide bonds. The van der Waals surface area contributed by atoms with Crippen molar-refractivity contribution < 1.29 is 9.84 Å². The topological polar surface area (TPSA) is 48.0 Å². The van der Waals surface area contributed by atoms with Gasteiger partial charge in [0, 0.05) is 39.3 Å². The summed E-state index contributed by atoms with van der Waals surface area (Å²) < 4.78 is 4.98. The quantitative estimate of drug-likeness (QED) is 0.626. The Bertz CT molecular complexity index is 253. The maximum Gasteiger partial charge on any atom is 0.0791 e. The average Bonchev–Trinajstić information content (AvgIpc) is 2.74. The summed E-state index contributed by atoms with van der Waals surface area (Å²) in [6.45, 7) is 7.75. The first-order chi connectivity index (χ1) is 9.29. The lowest BCUT2D eigenvalue weighted by atomic mass is 10.2. The Morgan fingerprint density at radius 2 is 2.16 bits per heavy atom. The molecule has 2 rings (SSSR count). The molecule has 0 aromatic rings. The third-order valence-corrected chi connectivity index (χ3v) is 4.22. The number of hydrogen-bond acceptors (Lipinski definition) is 5. The van der Waals surface area contributed by atoms with Crippen LogP contribution in [0, 0.1) is 0 Å². The van der Waals surface area contributed by atoms with Crippen LogP contribution in [0.25, 0.3) is 0 Å². The Balaban J connectivity index is 1.66. The van der Waals surface area contributed by atoms with Crippen LogP contribution in [0.3, 0.4) is 0 Å². The van der Waals surface area contributed by atoms with Gasteiger partial charge in [0.15, 0.2) is 0 Å². The summed E-state index contributed by atoms with van der Waals surface area (Å²) >= 11 is 0. The molecule has 2 saturated heterocycles. The molecule has 0 bridgehead atoms. The van der Waals surface area contributed by atoms with Gasteiger partial charge in [0.25, 0.3) is 0 Å². The van der Waals surface area contributed by atoms with Crippen molar-refractivity contribution in [1.82, 2.24) is 15.1 Å². The highest BCUT2D eigenvalue weighted by Gasteiger charge is 2.29. The van der Waals surface area contributed by atoms with Gasteiger partial charge in [0.1, 0.15) is 0 Å². The molecule has 5 heteroatoms. The molecule has 2 unspecified atom stereocenters. The summed E-state index contributed by atoms with van der Waals surface area (Å²) in [5, 5.41) is 13.3. The van der Waals surface area contributed by atoms with Crippen molar-refractivity contribution in [2.75, 3.05) is 59.5 Å². The summed E-state index contributed by atoms with van der Waals surface area (Å²) in [4.78, 5) is 5.07. The number of nitrogens with zero attached hydrogens (tertiary/aromatic N) is 2. The molecule has 2 aliphatic rings. The Hall–Kier alpha value is -0.200. The van der Waals surface area contributed by atoms with Crippen molar-refractivity contribution in [2.24, 2.45) is 0 Å². The number of rotatable bonds is 7. The van der Waals surface area contributed by atoms with Gasteiger partial charge >= 0.3 is 0 Å². The zero-order valence-electron chi connectivity index (χ0n) is 12.2. The minimum atomic E-state index is -0.273. The number of aliphatic hydroxyl groups excluding tert-OH is 1. The zero-order chi connectivity index (χ0) is 13.5. The standard InChI is InChI=1S/C14H29N3O2/c1-19-9-5-15-10-14(18)12-16-6-3-8-17-7-2-4-13(17)11-16/h13-15,18H,2-12H2,1H3. The smallest absolute Gasteiger partial charge is 0.0791 e. The SMILES string of the molecule is COCCNCC(O)CN1CCCN2CCCC2C1. The van der Waals surface area contributed by atoms with E-state index in [9.17, 15) is 5.11 Å². The van der Waals surface area contributed by atoms with E-state index in [0.717, 1.165) is 32.2 Å². The number of fused-ring (bicyclic) bond motifs is 1. The van der Waals surface area contributed by atoms with E-state index in [1.807, 2.05) is 0 Å². The summed E-state index contributed by atoms with van der Waals surface area (Å²) in [6.07, 6.45) is 3.64. The molecule has 0 radical (unpaired) electrons. The predicted octanol–water partition coefficient (Wildman–Crippen LogP) is -0.247. The van der Waals surface area contributed by atoms with Gasteiger partial charge in [-0.2, -0.15) is 0 Å². The fourth-order valence-corrected chi connectivity index (χ4v) is 3.25. The van der Waals surface area contributed by atoms with Gasteiger partial charge in [-0.25, -0.2) is 0 Å². The van der Waals surface area contributed by atoms with Crippen molar-refractivity contribution in [1.29, 1.82) is 0 Å². The largest absolute Gasteiger partial charge is 0.390 e. The Labute approximate surface area is 116 Å². The number of nitrogens with one attached hydrogen (secondary N) is 1. The van der Waals surface area contributed by atoms with Crippen LogP contribution in [0.15, 0.2) is 0 Å². The first-order valence-corrected chi connectivity index (χ1v) is 7.63. The molecular formula is C14H29N3O2. The van der Waals surface area contributed by atoms with E-state index in [2.05, 4.69) is 15.1 Å². The zero-order valence-corrected chi connectivity index (χ0v) is 12.2. The molecule has 5 nitrogen and oxygen atoms in total. The maximum absolute atomic E-state index is 10.1. The molecule has 2 heterocycles. The molecular weight excluding hydrogens is 242 g/mol. The highest BCUT2D eigenvalue weighted by atomic mass is 16.5. The molecule has 0 aromatic carbocycles. The van der Waals surface area contributed by atoms with Gasteiger partial charge in [-0.05, 0) is 38.9 Å². The number of hydrogen-bond donors (Lipinski definition) is 2. The minimum absolute atomic E-state index is 0.273. The lowest BCUT2D eigenvalue weighted by Gasteiger charge is -2.27. The second-order valence-electron chi connectivity index (χ2n) is 5.80. The number of methoxy groups -OCH3 is 1. The van der Waals surface area contributed by atoms with Crippen LogP contribution in [0.2, 0.25) is 0 Å². The lowest BCUT2D eigenvalue weighted by molar-refractivity contribution is 0.104. The van der Waals surface area contributed by atoms with Crippen molar-refractivity contribution in [2.45, 2.75) is 31.4 Å². The van der Waals surface area contributed by atoms with Gasteiger partial charge in [-0.1, -0.05) is 0 Å². The van der Waals surface area contributed by atoms with E-state index < -0.39 is 0 Å². The van der Waals surface area contributed by atoms with Crippen LogP contribution in [-0.4, -0.2) is 86.6 Å². The van der Waals surface area contributed by atoms with Crippen LogP contribution in [0.5, 0.6) is 0 Å². The molecule has 0 aromatic heterocycles. The number of aliphatic hydroxyl groups is 1. The molecule has 2 fully saturated rings. The average molecular weight is 271 g/mol. The van der Waals surface area contributed by atoms with E-state index >= 15 is 0 Å². The van der Waals surface area contributed by atoms with Crippen LogP contribution in [-0.2, 0) is 4.74 Å². The highest BCUT2D eigenvalue weighted by molar-refractivity contribution is 4.85. The van der Waals surface area contributed by atoms with Gasteiger partial charge in [-0.15, -0.1) is 0 Å². The van der Waals surface area contributed by atoms with Gasteiger partial charge in [-0.3, -0.25) is 9.80 Å². The minimum Gasteiger partial charge on any atom is -0.390 e. The van der Waals surface area contributed by atoms with Crippen LogP contribution in [0.4, 0.5) is 0 Å². The van der Waals surface area contributed by atoms with E-state index in [1.54, 1.807) is 7.11 Å². The van der Waals surface area contributed by atoms with E-state index in [0.29, 0.717) is 13.2 Å². The molecule has 0 aliphatic carbocycles.